The quantitative estimate of drug-likeness (QED) is 0.0908. The van der Waals surface area contributed by atoms with Crippen LogP contribution in [0, 0.1) is 5.92 Å². The van der Waals surface area contributed by atoms with Crippen molar-refractivity contribution in [3.8, 4) is 0 Å². The normalized spacial score (nSPS) is 14.8. The zero-order valence-electron chi connectivity index (χ0n) is 25.7. The van der Waals surface area contributed by atoms with Crippen molar-refractivity contribution < 1.29 is 9.53 Å². The average Bonchev–Trinajstić information content (AvgIpc) is 2.89. The molecule has 0 saturated carbocycles. The summed E-state index contributed by atoms with van der Waals surface area (Å²) in [6, 6.07) is 0. The lowest BCUT2D eigenvalue weighted by atomic mass is 9.83. The predicted molar refractivity (Wildman–Crippen MR) is 162 cm³/mol. The Morgan fingerprint density at radius 1 is 0.595 bits per heavy atom. The molecule has 0 unspecified atom stereocenters. The maximum Gasteiger partial charge on any atom is 0.306 e. The molecule has 37 heavy (non-hydrogen) atoms. The van der Waals surface area contributed by atoms with Crippen LogP contribution in [0.15, 0.2) is 0 Å². The molecule has 1 aliphatic rings. The summed E-state index contributed by atoms with van der Waals surface area (Å²) in [5.41, 5.74) is -0.314. The van der Waals surface area contributed by atoms with Crippen molar-refractivity contribution in [2.24, 2.45) is 5.92 Å². The predicted octanol–water partition coefficient (Wildman–Crippen LogP) is 10.7. The van der Waals surface area contributed by atoms with Crippen LogP contribution in [0.3, 0.4) is 0 Å². The largest absolute Gasteiger partial charge is 0.459 e. The van der Waals surface area contributed by atoms with E-state index in [-0.39, 0.29) is 11.6 Å². The summed E-state index contributed by atoms with van der Waals surface area (Å²) in [6.07, 6.45) is 34.9. The minimum atomic E-state index is -0.314. The first-order valence-electron chi connectivity index (χ1n) is 17.0. The number of hydrogen-bond donors (Lipinski definition) is 1. The molecular formula is C34H67NO2. The van der Waals surface area contributed by atoms with Crippen LogP contribution >= 0.6 is 0 Å². The maximum absolute atomic E-state index is 12.3. The minimum Gasteiger partial charge on any atom is -0.459 e. The molecule has 220 valence electrons. The van der Waals surface area contributed by atoms with Crippen LogP contribution in [-0.4, -0.2) is 24.7 Å². The highest BCUT2D eigenvalue weighted by atomic mass is 16.6. The number of ether oxygens (including phenoxy) is 1. The standard InChI is InChI=1S/C34H67NO2/c1-4-5-6-7-8-9-10-11-12-13-14-15-16-17-18-19-20-21-22-23-24-25-26-27-33(36)37-34(2,3)32-28-30-35-31-29-32/h32,35H,4-31H2,1-3H3. The van der Waals surface area contributed by atoms with Gasteiger partial charge in [-0.25, -0.2) is 0 Å². The zero-order chi connectivity index (χ0) is 26.9. The number of nitrogens with one attached hydrogen (secondary N) is 1. The molecule has 0 aliphatic carbocycles. The van der Waals surface area contributed by atoms with Gasteiger partial charge in [-0.2, -0.15) is 0 Å². The monoisotopic (exact) mass is 522 g/mol. The van der Waals surface area contributed by atoms with Gasteiger partial charge < -0.3 is 10.1 Å². The summed E-state index contributed by atoms with van der Waals surface area (Å²) in [4.78, 5) is 12.3. The second-order valence-corrected chi connectivity index (χ2v) is 12.6. The second kappa shape index (κ2) is 24.5. The van der Waals surface area contributed by atoms with E-state index < -0.39 is 0 Å². The fourth-order valence-electron chi connectivity index (χ4n) is 6.00. The van der Waals surface area contributed by atoms with Gasteiger partial charge in [-0.15, -0.1) is 0 Å². The molecule has 1 N–H and O–H groups in total. The first-order chi connectivity index (χ1) is 18.1. The Morgan fingerprint density at radius 3 is 1.27 bits per heavy atom. The van der Waals surface area contributed by atoms with Crippen molar-refractivity contribution in [1.29, 1.82) is 0 Å². The number of esters is 1. The molecule has 3 nitrogen and oxygen atoms in total. The van der Waals surface area contributed by atoms with Crippen LogP contribution in [-0.2, 0) is 9.53 Å². The van der Waals surface area contributed by atoms with Gasteiger partial charge in [0.2, 0.25) is 0 Å². The lowest BCUT2D eigenvalue weighted by molar-refractivity contribution is -0.162. The van der Waals surface area contributed by atoms with E-state index in [1.54, 1.807) is 0 Å². The third-order valence-electron chi connectivity index (χ3n) is 8.68. The van der Waals surface area contributed by atoms with Crippen molar-refractivity contribution in [2.75, 3.05) is 13.1 Å². The molecule has 0 amide bonds. The topological polar surface area (TPSA) is 38.3 Å². The van der Waals surface area contributed by atoms with Crippen LogP contribution in [0.5, 0.6) is 0 Å². The summed E-state index contributed by atoms with van der Waals surface area (Å²) < 4.78 is 5.86. The number of unbranched alkanes of at least 4 members (excludes halogenated alkanes) is 22. The Bertz CT molecular complexity index is 498. The Kier molecular flexibility index (Phi) is 22.8. The summed E-state index contributed by atoms with van der Waals surface area (Å²) in [5.74, 6) is 0.499. The lowest BCUT2D eigenvalue weighted by Crippen LogP contribution is -2.42. The molecule has 0 aromatic rings. The van der Waals surface area contributed by atoms with Gasteiger partial charge in [-0.05, 0) is 46.2 Å². The smallest absolute Gasteiger partial charge is 0.306 e. The van der Waals surface area contributed by atoms with Gasteiger partial charge in [0, 0.05) is 12.3 Å². The number of hydrogen-bond acceptors (Lipinski definition) is 3. The first-order valence-corrected chi connectivity index (χ1v) is 17.0. The van der Waals surface area contributed by atoms with Crippen molar-refractivity contribution in [2.45, 2.75) is 193 Å². The molecule has 0 atom stereocenters. The molecule has 0 bridgehead atoms. The van der Waals surface area contributed by atoms with Crippen LogP contribution in [0.2, 0.25) is 0 Å². The maximum atomic E-state index is 12.3. The van der Waals surface area contributed by atoms with Gasteiger partial charge in [-0.1, -0.05) is 148 Å². The van der Waals surface area contributed by atoms with Gasteiger partial charge in [0.15, 0.2) is 0 Å². The molecule has 0 aromatic carbocycles. The highest BCUT2D eigenvalue weighted by molar-refractivity contribution is 5.69. The van der Waals surface area contributed by atoms with Crippen molar-refractivity contribution in [3.63, 3.8) is 0 Å². The molecule has 0 spiro atoms. The van der Waals surface area contributed by atoms with E-state index in [0.717, 1.165) is 32.4 Å². The van der Waals surface area contributed by atoms with E-state index in [1.165, 1.54) is 141 Å². The van der Waals surface area contributed by atoms with E-state index in [0.29, 0.717) is 12.3 Å². The SMILES string of the molecule is CCCCCCCCCCCCCCCCCCCCCCCCCC(=O)OC(C)(C)C1CCNCC1. The lowest BCUT2D eigenvalue weighted by Gasteiger charge is -2.36. The molecule has 0 aromatic heterocycles. The van der Waals surface area contributed by atoms with Gasteiger partial charge in [0.1, 0.15) is 5.60 Å². The van der Waals surface area contributed by atoms with E-state index in [9.17, 15) is 4.79 Å². The van der Waals surface area contributed by atoms with Gasteiger partial charge >= 0.3 is 5.97 Å². The Balaban J connectivity index is 1.75. The van der Waals surface area contributed by atoms with E-state index >= 15 is 0 Å². The summed E-state index contributed by atoms with van der Waals surface area (Å²) in [5, 5.41) is 3.39. The summed E-state index contributed by atoms with van der Waals surface area (Å²) in [6.45, 7) is 8.59. The van der Waals surface area contributed by atoms with Gasteiger partial charge in [0.25, 0.3) is 0 Å². The van der Waals surface area contributed by atoms with Gasteiger partial charge in [-0.3, -0.25) is 4.79 Å². The average molecular weight is 522 g/mol. The molecule has 1 fully saturated rings. The number of rotatable bonds is 26. The number of carbonyl (C=O) groups excluding carboxylic acids is 1. The fraction of sp³-hybridized carbons (Fsp3) is 0.971. The summed E-state index contributed by atoms with van der Waals surface area (Å²) >= 11 is 0. The van der Waals surface area contributed by atoms with Gasteiger partial charge in [0.05, 0.1) is 0 Å². The van der Waals surface area contributed by atoms with Crippen LogP contribution in [0.4, 0.5) is 0 Å². The molecule has 1 saturated heterocycles. The number of carbonyl (C=O) groups is 1. The molecule has 1 heterocycles. The van der Waals surface area contributed by atoms with Crippen LogP contribution in [0.1, 0.15) is 188 Å². The summed E-state index contributed by atoms with van der Waals surface area (Å²) in [7, 11) is 0. The van der Waals surface area contributed by atoms with Crippen LogP contribution < -0.4 is 5.32 Å². The van der Waals surface area contributed by atoms with E-state index in [2.05, 4.69) is 26.1 Å². The first kappa shape index (κ1) is 34.5. The van der Waals surface area contributed by atoms with Crippen molar-refractivity contribution in [1.82, 2.24) is 5.32 Å². The van der Waals surface area contributed by atoms with Crippen molar-refractivity contribution in [3.05, 3.63) is 0 Å². The zero-order valence-corrected chi connectivity index (χ0v) is 25.7. The molecule has 1 rings (SSSR count). The van der Waals surface area contributed by atoms with E-state index in [1.807, 2.05) is 0 Å². The third-order valence-corrected chi connectivity index (χ3v) is 8.68. The molecular weight excluding hydrogens is 454 g/mol. The Hall–Kier alpha value is -0.570. The van der Waals surface area contributed by atoms with Crippen LogP contribution in [0.25, 0.3) is 0 Å². The molecule has 1 aliphatic heterocycles. The Morgan fingerprint density at radius 2 is 0.919 bits per heavy atom. The molecule has 0 radical (unpaired) electrons. The van der Waals surface area contributed by atoms with Crippen molar-refractivity contribution >= 4 is 5.97 Å². The third kappa shape index (κ3) is 21.0. The highest BCUT2D eigenvalue weighted by Crippen LogP contribution is 2.29. The Labute approximate surface area is 233 Å². The fourth-order valence-corrected chi connectivity index (χ4v) is 6.00. The minimum absolute atomic E-state index is 0.00651. The highest BCUT2D eigenvalue weighted by Gasteiger charge is 2.33. The molecule has 3 heteroatoms. The number of piperidine rings is 1. The second-order valence-electron chi connectivity index (χ2n) is 12.6. The van der Waals surface area contributed by atoms with E-state index in [4.69, 9.17) is 4.74 Å².